The number of nitrogens with one attached hydrogen (secondary N) is 3. The molecule has 6 heteroatoms. The lowest BCUT2D eigenvalue weighted by atomic mass is 10.0. The van der Waals surface area contributed by atoms with Crippen molar-refractivity contribution >= 4 is 11.8 Å². The molecule has 1 unspecified atom stereocenters. The second-order valence-corrected chi connectivity index (χ2v) is 6.79. The molecule has 146 valence electrons. The smallest absolute Gasteiger partial charge is 0.407 e. The van der Waals surface area contributed by atoms with Gasteiger partial charge in [-0.1, -0.05) is 38.6 Å². The predicted octanol–water partition coefficient (Wildman–Crippen LogP) is 2.90. The minimum absolute atomic E-state index is 0.0889. The molecule has 1 amide bonds. The highest BCUT2D eigenvalue weighted by Crippen LogP contribution is 2.19. The van der Waals surface area contributed by atoms with Crippen LogP contribution in [0.4, 0.5) is 10.5 Å². The van der Waals surface area contributed by atoms with Crippen LogP contribution in [0.3, 0.4) is 0 Å². The van der Waals surface area contributed by atoms with Crippen molar-refractivity contribution in [3.8, 4) is 0 Å². The van der Waals surface area contributed by atoms with Crippen LogP contribution < -0.4 is 16.0 Å². The summed E-state index contributed by atoms with van der Waals surface area (Å²) in [5.74, 6) is 0.649. The van der Waals surface area contributed by atoms with Gasteiger partial charge in [-0.3, -0.25) is 0 Å². The van der Waals surface area contributed by atoms with Gasteiger partial charge in [0.1, 0.15) is 0 Å². The van der Waals surface area contributed by atoms with E-state index in [2.05, 4.69) is 47.2 Å². The van der Waals surface area contributed by atoms with Gasteiger partial charge in [0, 0.05) is 17.4 Å². The third-order valence-corrected chi connectivity index (χ3v) is 4.10. The largest absolute Gasteiger partial charge is 0.453 e. The monoisotopic (exact) mass is 363 g/mol. The Morgan fingerprint density at radius 3 is 2.65 bits per heavy atom. The third kappa shape index (κ3) is 8.87. The third-order valence-electron chi connectivity index (χ3n) is 4.10. The number of benzene rings is 1. The maximum atomic E-state index is 11.1. The van der Waals surface area contributed by atoms with Crippen LogP contribution in [-0.4, -0.2) is 44.0 Å². The summed E-state index contributed by atoms with van der Waals surface area (Å²) in [5.41, 5.74) is 2.79. The average Bonchev–Trinajstić information content (AvgIpc) is 2.63. The van der Waals surface area contributed by atoms with E-state index in [1.54, 1.807) is 0 Å². The highest BCUT2D eigenvalue weighted by Gasteiger charge is 2.10. The number of hydrogen-bond donors (Lipinski definition) is 4. The first-order valence-corrected chi connectivity index (χ1v) is 9.15. The van der Waals surface area contributed by atoms with Gasteiger partial charge in [0.15, 0.2) is 0 Å². The summed E-state index contributed by atoms with van der Waals surface area (Å²) in [7, 11) is 1.33. The van der Waals surface area contributed by atoms with Crippen molar-refractivity contribution in [2.24, 2.45) is 5.92 Å². The summed E-state index contributed by atoms with van der Waals surface area (Å²) in [6.07, 6.45) is 2.29. The first kappa shape index (κ1) is 22.0. The van der Waals surface area contributed by atoms with Gasteiger partial charge in [-0.15, -0.1) is 0 Å². The molecule has 0 aliphatic heterocycles. The Morgan fingerprint density at radius 1 is 1.27 bits per heavy atom. The second kappa shape index (κ2) is 12.3. The van der Waals surface area contributed by atoms with E-state index in [0.29, 0.717) is 11.6 Å². The second-order valence-electron chi connectivity index (χ2n) is 6.79. The lowest BCUT2D eigenvalue weighted by Crippen LogP contribution is -2.34. The first-order chi connectivity index (χ1) is 12.5. The summed E-state index contributed by atoms with van der Waals surface area (Å²) in [6.45, 7) is 9.65. The molecule has 0 bridgehead atoms. The summed E-state index contributed by atoms with van der Waals surface area (Å²) < 4.78 is 4.55. The number of carbonyl (C=O) groups excluding carboxylic acids is 1. The van der Waals surface area contributed by atoms with E-state index >= 15 is 0 Å². The fourth-order valence-corrected chi connectivity index (χ4v) is 2.51. The van der Waals surface area contributed by atoms with Gasteiger partial charge >= 0.3 is 6.09 Å². The zero-order valence-electron chi connectivity index (χ0n) is 16.2. The quantitative estimate of drug-likeness (QED) is 0.459. The molecule has 0 radical (unpaired) electrons. The number of aryl methyl sites for hydroxylation is 1. The molecule has 1 aromatic rings. The van der Waals surface area contributed by atoms with Crippen LogP contribution in [0.2, 0.25) is 0 Å². The van der Waals surface area contributed by atoms with Crippen LogP contribution >= 0.6 is 0 Å². The van der Waals surface area contributed by atoms with Crippen molar-refractivity contribution in [3.63, 3.8) is 0 Å². The van der Waals surface area contributed by atoms with Gasteiger partial charge in [0.05, 0.1) is 20.3 Å². The van der Waals surface area contributed by atoms with E-state index in [-0.39, 0.29) is 19.2 Å². The van der Waals surface area contributed by atoms with E-state index < -0.39 is 6.09 Å². The Labute approximate surface area is 157 Å². The maximum Gasteiger partial charge on any atom is 0.407 e. The summed E-state index contributed by atoms with van der Waals surface area (Å²) in [5, 5.41) is 18.8. The highest BCUT2D eigenvalue weighted by atomic mass is 16.5. The molecule has 1 aromatic carbocycles. The molecule has 0 aliphatic rings. The van der Waals surface area contributed by atoms with E-state index in [1.165, 1.54) is 7.11 Å². The standard InChI is InChI=1S/C20H33N3O3/c1-15(2)11-12-21-18(14-24)10-9-17-7-5-6-8-19(17)23-16(3)13-22-20(25)26-4/h5-8,15,18,21,23-24H,3,9-14H2,1-2,4H3,(H,22,25). The molecule has 0 fully saturated rings. The molecule has 0 saturated heterocycles. The number of rotatable bonds is 12. The number of alkyl carbamates (subject to hydrolysis) is 1. The maximum absolute atomic E-state index is 11.1. The summed E-state index contributed by atoms with van der Waals surface area (Å²) in [4.78, 5) is 11.1. The van der Waals surface area contributed by atoms with E-state index in [0.717, 1.165) is 37.1 Å². The fourth-order valence-electron chi connectivity index (χ4n) is 2.51. The summed E-state index contributed by atoms with van der Waals surface area (Å²) >= 11 is 0. The molecular formula is C20H33N3O3. The van der Waals surface area contributed by atoms with E-state index in [1.807, 2.05) is 18.2 Å². The van der Waals surface area contributed by atoms with Gasteiger partial charge in [-0.2, -0.15) is 0 Å². The van der Waals surface area contributed by atoms with E-state index in [9.17, 15) is 9.90 Å². The molecular weight excluding hydrogens is 330 g/mol. The average molecular weight is 364 g/mol. The van der Waals surface area contributed by atoms with Gasteiger partial charge < -0.3 is 25.8 Å². The zero-order chi connectivity index (χ0) is 19.4. The highest BCUT2D eigenvalue weighted by molar-refractivity contribution is 5.67. The Kier molecular flexibility index (Phi) is 10.4. The first-order valence-electron chi connectivity index (χ1n) is 9.15. The topological polar surface area (TPSA) is 82.6 Å². The number of anilines is 1. The molecule has 4 N–H and O–H groups in total. The van der Waals surface area contributed by atoms with Crippen molar-refractivity contribution in [3.05, 3.63) is 42.1 Å². The molecule has 26 heavy (non-hydrogen) atoms. The zero-order valence-corrected chi connectivity index (χ0v) is 16.2. The van der Waals surface area contributed by atoms with Crippen molar-refractivity contribution < 1.29 is 14.6 Å². The van der Waals surface area contributed by atoms with Crippen LogP contribution in [-0.2, 0) is 11.2 Å². The van der Waals surface area contributed by atoms with E-state index in [4.69, 9.17) is 0 Å². The lowest BCUT2D eigenvalue weighted by molar-refractivity contribution is 0.172. The van der Waals surface area contributed by atoms with Crippen LogP contribution in [0.5, 0.6) is 0 Å². The number of aliphatic hydroxyl groups excluding tert-OH is 1. The Hall–Kier alpha value is -2.05. The number of methoxy groups -OCH3 is 1. The van der Waals surface area contributed by atoms with Crippen LogP contribution in [0, 0.1) is 5.92 Å². The number of carbonyl (C=O) groups is 1. The number of hydrogen-bond acceptors (Lipinski definition) is 5. The van der Waals surface area contributed by atoms with Gasteiger partial charge in [0.25, 0.3) is 0 Å². The lowest BCUT2D eigenvalue weighted by Gasteiger charge is -2.19. The summed E-state index contributed by atoms with van der Waals surface area (Å²) in [6, 6.07) is 8.09. The molecule has 0 saturated carbocycles. The van der Waals surface area contributed by atoms with Crippen molar-refractivity contribution in [2.45, 2.75) is 39.2 Å². The molecule has 0 spiro atoms. The van der Waals surface area contributed by atoms with Gasteiger partial charge in [-0.05, 0) is 43.4 Å². The van der Waals surface area contributed by atoms with Crippen LogP contribution in [0.25, 0.3) is 0 Å². The molecule has 1 rings (SSSR count). The Morgan fingerprint density at radius 2 is 2.00 bits per heavy atom. The molecule has 1 atom stereocenters. The molecule has 6 nitrogen and oxygen atoms in total. The minimum Gasteiger partial charge on any atom is -0.453 e. The number of amides is 1. The Bertz CT molecular complexity index is 561. The minimum atomic E-state index is -0.487. The predicted molar refractivity (Wildman–Crippen MR) is 106 cm³/mol. The Balaban J connectivity index is 2.54. The van der Waals surface area contributed by atoms with Crippen LogP contribution in [0.15, 0.2) is 36.5 Å². The molecule has 0 aliphatic carbocycles. The normalized spacial score (nSPS) is 11.9. The van der Waals surface area contributed by atoms with Gasteiger partial charge in [-0.25, -0.2) is 4.79 Å². The van der Waals surface area contributed by atoms with Gasteiger partial charge in [0.2, 0.25) is 0 Å². The SMILES string of the molecule is C=C(CNC(=O)OC)Nc1ccccc1CCC(CO)NCCC(C)C. The van der Waals surface area contributed by atoms with Crippen LogP contribution in [0.1, 0.15) is 32.3 Å². The molecule has 0 heterocycles. The number of aliphatic hydroxyl groups is 1. The van der Waals surface area contributed by atoms with Crippen molar-refractivity contribution in [1.82, 2.24) is 10.6 Å². The molecule has 0 aromatic heterocycles. The van der Waals surface area contributed by atoms with Crippen molar-refractivity contribution in [1.29, 1.82) is 0 Å². The number of ether oxygens (including phenoxy) is 1. The van der Waals surface area contributed by atoms with Crippen molar-refractivity contribution in [2.75, 3.05) is 32.1 Å². The fraction of sp³-hybridized carbons (Fsp3) is 0.550. The number of para-hydroxylation sites is 1.